The largest absolute Gasteiger partial charge is 0.497 e. The van der Waals surface area contributed by atoms with Crippen LogP contribution < -0.4 is 15.2 Å². The van der Waals surface area contributed by atoms with Gasteiger partial charge in [0, 0.05) is 18.2 Å². The second-order valence-electron chi connectivity index (χ2n) is 3.38. The molecule has 0 spiro atoms. The second kappa shape index (κ2) is 6.30. The van der Waals surface area contributed by atoms with Gasteiger partial charge in [-0.05, 0) is 12.5 Å². The Balaban J connectivity index is 2.72. The molecule has 84 valence electrons. The Kier molecular flexibility index (Phi) is 4.98. The van der Waals surface area contributed by atoms with Gasteiger partial charge in [-0.25, -0.2) is 0 Å². The molecule has 0 radical (unpaired) electrons. The molecule has 3 heteroatoms. The van der Waals surface area contributed by atoms with Gasteiger partial charge in [0.05, 0.1) is 13.7 Å². The number of rotatable bonds is 6. The van der Waals surface area contributed by atoms with Crippen molar-refractivity contribution in [1.82, 2.24) is 0 Å². The van der Waals surface area contributed by atoms with Crippen molar-refractivity contribution in [1.29, 1.82) is 0 Å². The smallest absolute Gasteiger partial charge is 0.127 e. The molecule has 3 nitrogen and oxygen atoms in total. The van der Waals surface area contributed by atoms with Gasteiger partial charge >= 0.3 is 0 Å². The van der Waals surface area contributed by atoms with E-state index in [2.05, 4.69) is 6.92 Å². The fourth-order valence-electron chi connectivity index (χ4n) is 1.29. The van der Waals surface area contributed by atoms with Crippen LogP contribution in [0.3, 0.4) is 0 Å². The van der Waals surface area contributed by atoms with Crippen LogP contribution in [0.1, 0.15) is 25.3 Å². The van der Waals surface area contributed by atoms with Crippen LogP contribution in [0.25, 0.3) is 0 Å². The Morgan fingerprint density at radius 3 is 2.73 bits per heavy atom. The van der Waals surface area contributed by atoms with E-state index < -0.39 is 0 Å². The number of nitrogens with two attached hydrogens (primary N) is 1. The Morgan fingerprint density at radius 1 is 1.33 bits per heavy atom. The summed E-state index contributed by atoms with van der Waals surface area (Å²) in [6.07, 6.45) is 2.18. The minimum atomic E-state index is 0.492. The first kappa shape index (κ1) is 11.9. The molecular weight excluding hydrogens is 190 g/mol. The summed E-state index contributed by atoms with van der Waals surface area (Å²) in [7, 11) is 1.65. The monoisotopic (exact) mass is 209 g/mol. The standard InChI is InChI=1S/C12H19NO2/c1-3-4-7-15-12-8-11(14-2)6-5-10(12)9-13/h5-6,8H,3-4,7,9,13H2,1-2H3. The van der Waals surface area contributed by atoms with Crippen LogP contribution in [0.4, 0.5) is 0 Å². The zero-order valence-corrected chi connectivity index (χ0v) is 9.45. The van der Waals surface area contributed by atoms with Crippen LogP contribution in [0.15, 0.2) is 18.2 Å². The molecule has 0 saturated carbocycles. The van der Waals surface area contributed by atoms with E-state index in [1.54, 1.807) is 7.11 Å². The van der Waals surface area contributed by atoms with Gasteiger partial charge < -0.3 is 15.2 Å². The molecule has 0 amide bonds. The molecule has 0 aliphatic carbocycles. The lowest BCUT2D eigenvalue weighted by Gasteiger charge is -2.11. The van der Waals surface area contributed by atoms with E-state index in [9.17, 15) is 0 Å². The zero-order chi connectivity index (χ0) is 11.1. The zero-order valence-electron chi connectivity index (χ0n) is 9.45. The van der Waals surface area contributed by atoms with Gasteiger partial charge in [0.25, 0.3) is 0 Å². The van der Waals surface area contributed by atoms with Crippen LogP contribution >= 0.6 is 0 Å². The van der Waals surface area contributed by atoms with Crippen molar-refractivity contribution in [2.24, 2.45) is 5.73 Å². The summed E-state index contributed by atoms with van der Waals surface area (Å²) in [4.78, 5) is 0. The lowest BCUT2D eigenvalue weighted by Crippen LogP contribution is -2.03. The molecule has 0 fully saturated rings. The average Bonchev–Trinajstić information content (AvgIpc) is 2.29. The van der Waals surface area contributed by atoms with Gasteiger partial charge in [-0.1, -0.05) is 19.4 Å². The van der Waals surface area contributed by atoms with Crippen LogP contribution in [0.2, 0.25) is 0 Å². The van der Waals surface area contributed by atoms with E-state index in [1.165, 1.54) is 0 Å². The highest BCUT2D eigenvalue weighted by molar-refractivity contribution is 5.40. The van der Waals surface area contributed by atoms with E-state index in [0.717, 1.165) is 36.5 Å². The van der Waals surface area contributed by atoms with Crippen LogP contribution in [0, 0.1) is 0 Å². The van der Waals surface area contributed by atoms with Gasteiger partial charge in [0.2, 0.25) is 0 Å². The number of hydrogen-bond acceptors (Lipinski definition) is 3. The number of ether oxygens (including phenoxy) is 2. The maximum atomic E-state index is 5.65. The molecule has 15 heavy (non-hydrogen) atoms. The molecule has 0 aliphatic rings. The Hall–Kier alpha value is -1.22. The first-order chi connectivity index (χ1) is 7.31. The summed E-state index contributed by atoms with van der Waals surface area (Å²) in [5.41, 5.74) is 6.65. The van der Waals surface area contributed by atoms with Gasteiger partial charge in [-0.3, -0.25) is 0 Å². The number of unbranched alkanes of at least 4 members (excludes halogenated alkanes) is 1. The highest BCUT2D eigenvalue weighted by Crippen LogP contribution is 2.24. The summed E-state index contributed by atoms with van der Waals surface area (Å²) in [6, 6.07) is 5.73. The van der Waals surface area contributed by atoms with Crippen molar-refractivity contribution in [3.05, 3.63) is 23.8 Å². The lowest BCUT2D eigenvalue weighted by atomic mass is 10.2. The Labute approximate surface area is 91.2 Å². The van der Waals surface area contributed by atoms with Gasteiger partial charge in [-0.2, -0.15) is 0 Å². The van der Waals surface area contributed by atoms with Crippen LogP contribution in [-0.4, -0.2) is 13.7 Å². The number of hydrogen-bond donors (Lipinski definition) is 1. The molecule has 1 aromatic carbocycles. The third kappa shape index (κ3) is 3.44. The lowest BCUT2D eigenvalue weighted by molar-refractivity contribution is 0.304. The quantitative estimate of drug-likeness (QED) is 0.731. The minimum Gasteiger partial charge on any atom is -0.497 e. The summed E-state index contributed by atoms with van der Waals surface area (Å²) in [6.45, 7) is 3.36. The highest BCUT2D eigenvalue weighted by atomic mass is 16.5. The molecule has 0 unspecified atom stereocenters. The molecule has 0 bridgehead atoms. The maximum Gasteiger partial charge on any atom is 0.127 e. The first-order valence-electron chi connectivity index (χ1n) is 5.31. The average molecular weight is 209 g/mol. The number of methoxy groups -OCH3 is 1. The minimum absolute atomic E-state index is 0.492. The molecule has 0 atom stereocenters. The predicted octanol–water partition coefficient (Wildman–Crippen LogP) is 2.33. The normalized spacial score (nSPS) is 10.1. The summed E-state index contributed by atoms with van der Waals surface area (Å²) in [5.74, 6) is 1.64. The molecular formula is C12H19NO2. The molecule has 0 saturated heterocycles. The fourth-order valence-corrected chi connectivity index (χ4v) is 1.29. The molecule has 2 N–H and O–H groups in total. The van der Waals surface area contributed by atoms with E-state index in [1.807, 2.05) is 18.2 Å². The summed E-state index contributed by atoms with van der Waals surface area (Å²) < 4.78 is 10.8. The molecule has 0 aliphatic heterocycles. The van der Waals surface area contributed by atoms with Crippen molar-refractivity contribution in [2.45, 2.75) is 26.3 Å². The van der Waals surface area contributed by atoms with Crippen molar-refractivity contribution >= 4 is 0 Å². The van der Waals surface area contributed by atoms with E-state index in [0.29, 0.717) is 6.54 Å². The second-order valence-corrected chi connectivity index (χ2v) is 3.38. The Bertz CT molecular complexity index is 300. The number of benzene rings is 1. The third-order valence-corrected chi connectivity index (χ3v) is 2.25. The fraction of sp³-hybridized carbons (Fsp3) is 0.500. The van der Waals surface area contributed by atoms with E-state index >= 15 is 0 Å². The van der Waals surface area contributed by atoms with Gasteiger partial charge in [-0.15, -0.1) is 0 Å². The van der Waals surface area contributed by atoms with E-state index in [-0.39, 0.29) is 0 Å². The summed E-state index contributed by atoms with van der Waals surface area (Å²) >= 11 is 0. The molecule has 0 aromatic heterocycles. The third-order valence-electron chi connectivity index (χ3n) is 2.25. The topological polar surface area (TPSA) is 44.5 Å². The van der Waals surface area contributed by atoms with Crippen molar-refractivity contribution in [3.8, 4) is 11.5 Å². The molecule has 1 aromatic rings. The van der Waals surface area contributed by atoms with Gasteiger partial charge in [0.1, 0.15) is 11.5 Å². The SMILES string of the molecule is CCCCOc1cc(OC)ccc1CN. The molecule has 1 rings (SSSR count). The molecule has 0 heterocycles. The Morgan fingerprint density at radius 2 is 2.13 bits per heavy atom. The van der Waals surface area contributed by atoms with E-state index in [4.69, 9.17) is 15.2 Å². The van der Waals surface area contributed by atoms with Crippen LogP contribution in [0.5, 0.6) is 11.5 Å². The summed E-state index contributed by atoms with van der Waals surface area (Å²) in [5, 5.41) is 0. The highest BCUT2D eigenvalue weighted by Gasteiger charge is 2.03. The van der Waals surface area contributed by atoms with Crippen molar-refractivity contribution in [3.63, 3.8) is 0 Å². The van der Waals surface area contributed by atoms with Gasteiger partial charge in [0.15, 0.2) is 0 Å². The van der Waals surface area contributed by atoms with Crippen molar-refractivity contribution < 1.29 is 9.47 Å². The predicted molar refractivity (Wildman–Crippen MR) is 61.3 cm³/mol. The first-order valence-corrected chi connectivity index (χ1v) is 5.31. The van der Waals surface area contributed by atoms with Crippen LogP contribution in [-0.2, 0) is 6.54 Å². The maximum absolute atomic E-state index is 5.65. The van der Waals surface area contributed by atoms with Crippen molar-refractivity contribution in [2.75, 3.05) is 13.7 Å².